The molecule has 18 heavy (non-hydrogen) atoms. The number of ether oxygens (including phenoxy) is 2. The zero-order valence-corrected chi connectivity index (χ0v) is 9.23. The van der Waals surface area contributed by atoms with Crippen LogP contribution in [0.1, 0.15) is 10.4 Å². The van der Waals surface area contributed by atoms with Crippen LogP contribution in [0.5, 0.6) is 11.5 Å². The second-order valence-corrected chi connectivity index (χ2v) is 3.88. The summed E-state index contributed by atoms with van der Waals surface area (Å²) in [6.07, 6.45) is 1.18. The number of rotatable bonds is 1. The summed E-state index contributed by atoms with van der Waals surface area (Å²) in [6.45, 7) is 0.866. The van der Waals surface area contributed by atoms with E-state index in [1.54, 1.807) is 6.07 Å². The summed E-state index contributed by atoms with van der Waals surface area (Å²) in [6, 6.07) is 3.14. The third kappa shape index (κ3) is 1.50. The summed E-state index contributed by atoms with van der Waals surface area (Å²) in [5.74, 6) is -0.248. The number of benzene rings is 1. The molecule has 0 radical (unpaired) electrons. The number of H-pyrrole nitrogens is 1. The summed E-state index contributed by atoms with van der Waals surface area (Å²) < 4.78 is 10.7. The van der Waals surface area contributed by atoms with Crippen molar-refractivity contribution in [3.8, 4) is 11.5 Å². The lowest BCUT2D eigenvalue weighted by molar-refractivity contribution is 0.0695. The smallest absolute Gasteiger partial charge is 0.341 e. The Kier molecular flexibility index (Phi) is 2.22. The molecule has 2 aromatic rings. The Hall–Kier alpha value is -2.50. The van der Waals surface area contributed by atoms with E-state index in [1.165, 1.54) is 12.3 Å². The van der Waals surface area contributed by atoms with Gasteiger partial charge < -0.3 is 19.6 Å². The molecule has 3 rings (SSSR count). The quantitative estimate of drug-likeness (QED) is 0.784. The van der Waals surface area contributed by atoms with Crippen molar-refractivity contribution in [3.05, 3.63) is 34.1 Å². The van der Waals surface area contributed by atoms with E-state index in [0.717, 1.165) is 0 Å². The number of aromatic amines is 1. The minimum atomic E-state index is -1.26. The summed E-state index contributed by atoms with van der Waals surface area (Å²) in [5.41, 5.74) is -0.304. The Bertz CT molecular complexity index is 703. The number of hydrogen-bond acceptors (Lipinski definition) is 4. The molecule has 0 amide bonds. The van der Waals surface area contributed by atoms with Crippen LogP contribution < -0.4 is 14.9 Å². The van der Waals surface area contributed by atoms with Crippen LogP contribution in [0.25, 0.3) is 10.9 Å². The zero-order chi connectivity index (χ0) is 12.7. The number of aromatic nitrogens is 1. The molecule has 6 heteroatoms. The number of carbonyl (C=O) groups is 1. The fourth-order valence-corrected chi connectivity index (χ4v) is 1.92. The molecule has 0 saturated carbocycles. The van der Waals surface area contributed by atoms with Crippen LogP contribution in [0.2, 0.25) is 0 Å². The van der Waals surface area contributed by atoms with Gasteiger partial charge in [-0.2, -0.15) is 0 Å². The van der Waals surface area contributed by atoms with E-state index in [9.17, 15) is 9.59 Å². The molecule has 0 atom stereocenters. The molecule has 0 spiro atoms. The molecular formula is C12H9NO5. The first-order valence-corrected chi connectivity index (χ1v) is 5.35. The lowest BCUT2D eigenvalue weighted by Crippen LogP contribution is -2.18. The van der Waals surface area contributed by atoms with E-state index in [2.05, 4.69) is 4.98 Å². The van der Waals surface area contributed by atoms with Crippen LogP contribution in [0.15, 0.2) is 23.1 Å². The van der Waals surface area contributed by atoms with E-state index in [-0.39, 0.29) is 10.9 Å². The van der Waals surface area contributed by atoms with Gasteiger partial charge in [-0.3, -0.25) is 4.79 Å². The fraction of sp³-hybridized carbons (Fsp3) is 0.167. The zero-order valence-electron chi connectivity index (χ0n) is 9.23. The topological polar surface area (TPSA) is 88.6 Å². The van der Waals surface area contributed by atoms with Crippen LogP contribution in [-0.2, 0) is 0 Å². The van der Waals surface area contributed by atoms with Crippen molar-refractivity contribution in [1.29, 1.82) is 0 Å². The Morgan fingerprint density at radius 3 is 2.56 bits per heavy atom. The Labute approximate surface area is 101 Å². The number of aromatic carboxylic acids is 1. The maximum atomic E-state index is 12.0. The minimum absolute atomic E-state index is 0.277. The van der Waals surface area contributed by atoms with Crippen molar-refractivity contribution in [2.75, 3.05) is 13.2 Å². The number of carboxylic acid groups (broad SMARTS) is 1. The van der Waals surface area contributed by atoms with Crippen LogP contribution in [0.3, 0.4) is 0 Å². The van der Waals surface area contributed by atoms with E-state index in [4.69, 9.17) is 14.6 Å². The molecule has 2 heterocycles. The predicted molar refractivity (Wildman–Crippen MR) is 62.5 cm³/mol. The van der Waals surface area contributed by atoms with E-state index in [0.29, 0.717) is 30.2 Å². The van der Waals surface area contributed by atoms with Gasteiger partial charge in [0.2, 0.25) is 5.43 Å². The Morgan fingerprint density at radius 2 is 1.89 bits per heavy atom. The first-order valence-electron chi connectivity index (χ1n) is 5.35. The van der Waals surface area contributed by atoms with Gasteiger partial charge in [-0.05, 0) is 6.07 Å². The third-order valence-electron chi connectivity index (χ3n) is 2.77. The first kappa shape index (κ1) is 10.6. The van der Waals surface area contributed by atoms with Gasteiger partial charge in [-0.1, -0.05) is 0 Å². The SMILES string of the molecule is O=C(O)c1c[nH]c2cc3c(cc2c1=O)OCCO3. The Morgan fingerprint density at radius 1 is 1.22 bits per heavy atom. The lowest BCUT2D eigenvalue weighted by Gasteiger charge is -2.18. The second-order valence-electron chi connectivity index (χ2n) is 3.88. The van der Waals surface area contributed by atoms with Gasteiger partial charge >= 0.3 is 5.97 Å². The minimum Gasteiger partial charge on any atom is -0.486 e. The maximum absolute atomic E-state index is 12.0. The molecule has 6 nitrogen and oxygen atoms in total. The average Bonchev–Trinajstić information content (AvgIpc) is 2.37. The molecular weight excluding hydrogens is 238 g/mol. The number of hydrogen-bond donors (Lipinski definition) is 2. The van der Waals surface area contributed by atoms with Crippen LogP contribution >= 0.6 is 0 Å². The van der Waals surface area contributed by atoms with Gasteiger partial charge in [0.05, 0.1) is 10.9 Å². The molecule has 0 aliphatic carbocycles. The van der Waals surface area contributed by atoms with E-state index in [1.807, 2.05) is 0 Å². The summed E-state index contributed by atoms with van der Waals surface area (Å²) in [4.78, 5) is 25.6. The van der Waals surface area contributed by atoms with E-state index < -0.39 is 11.4 Å². The molecule has 0 fully saturated rings. The predicted octanol–water partition coefficient (Wildman–Crippen LogP) is 0.997. The molecule has 0 saturated heterocycles. The van der Waals surface area contributed by atoms with Gasteiger partial charge in [-0.25, -0.2) is 4.79 Å². The standard InChI is InChI=1S/C12H9NO5/c14-11-6-3-9-10(18-2-1-17-9)4-8(6)13-5-7(11)12(15)16/h3-5H,1-2H2,(H,13,14)(H,15,16). The molecule has 0 unspecified atom stereocenters. The van der Waals surface area contributed by atoms with E-state index >= 15 is 0 Å². The van der Waals surface area contributed by atoms with Crippen LogP contribution in [0, 0.1) is 0 Å². The van der Waals surface area contributed by atoms with Crippen LogP contribution in [-0.4, -0.2) is 29.3 Å². The van der Waals surface area contributed by atoms with Crippen molar-refractivity contribution in [2.24, 2.45) is 0 Å². The fourth-order valence-electron chi connectivity index (χ4n) is 1.92. The van der Waals surface area contributed by atoms with Gasteiger partial charge in [0, 0.05) is 12.3 Å². The highest BCUT2D eigenvalue weighted by atomic mass is 16.6. The normalized spacial score (nSPS) is 13.6. The number of fused-ring (bicyclic) bond motifs is 2. The average molecular weight is 247 g/mol. The lowest BCUT2D eigenvalue weighted by atomic mass is 10.1. The molecule has 1 aliphatic heterocycles. The number of pyridine rings is 1. The second kappa shape index (κ2) is 3.76. The molecule has 1 aromatic heterocycles. The van der Waals surface area contributed by atoms with Crippen molar-refractivity contribution >= 4 is 16.9 Å². The summed E-state index contributed by atoms with van der Waals surface area (Å²) >= 11 is 0. The third-order valence-corrected chi connectivity index (χ3v) is 2.77. The van der Waals surface area contributed by atoms with Gasteiger partial charge in [-0.15, -0.1) is 0 Å². The number of nitrogens with one attached hydrogen (secondary N) is 1. The van der Waals surface area contributed by atoms with Gasteiger partial charge in [0.15, 0.2) is 11.5 Å². The highest BCUT2D eigenvalue weighted by molar-refractivity contribution is 5.93. The molecule has 0 bridgehead atoms. The number of carboxylic acids is 1. The molecule has 2 N–H and O–H groups in total. The monoisotopic (exact) mass is 247 g/mol. The highest BCUT2D eigenvalue weighted by Gasteiger charge is 2.17. The molecule has 1 aromatic carbocycles. The maximum Gasteiger partial charge on any atom is 0.341 e. The Balaban J connectivity index is 2.32. The first-order chi connectivity index (χ1) is 8.66. The van der Waals surface area contributed by atoms with Crippen molar-refractivity contribution in [3.63, 3.8) is 0 Å². The van der Waals surface area contributed by atoms with Crippen molar-refractivity contribution in [2.45, 2.75) is 0 Å². The van der Waals surface area contributed by atoms with Gasteiger partial charge in [0.25, 0.3) is 0 Å². The van der Waals surface area contributed by atoms with Gasteiger partial charge in [0.1, 0.15) is 18.8 Å². The molecule has 1 aliphatic rings. The highest BCUT2D eigenvalue weighted by Crippen LogP contribution is 2.32. The summed E-state index contributed by atoms with van der Waals surface area (Å²) in [5, 5.41) is 9.16. The largest absolute Gasteiger partial charge is 0.486 e. The van der Waals surface area contributed by atoms with Crippen molar-refractivity contribution < 1.29 is 19.4 Å². The summed E-state index contributed by atoms with van der Waals surface area (Å²) in [7, 11) is 0. The molecule has 92 valence electrons. The van der Waals surface area contributed by atoms with Crippen LogP contribution in [0.4, 0.5) is 0 Å². The van der Waals surface area contributed by atoms with Crippen molar-refractivity contribution in [1.82, 2.24) is 4.98 Å².